The van der Waals surface area contributed by atoms with Crippen molar-refractivity contribution < 1.29 is 4.79 Å². The first-order valence-electron chi connectivity index (χ1n) is 6.97. The van der Waals surface area contributed by atoms with Gasteiger partial charge in [-0.3, -0.25) is 9.48 Å². The molecule has 2 rings (SSSR count). The molecular formula is C16H21N3O. The molecule has 1 unspecified atom stereocenters. The first-order valence-corrected chi connectivity index (χ1v) is 6.97. The number of aromatic nitrogens is 2. The molecule has 0 spiro atoms. The van der Waals surface area contributed by atoms with Crippen molar-refractivity contribution >= 4 is 5.91 Å². The van der Waals surface area contributed by atoms with E-state index in [1.165, 1.54) is 5.56 Å². The number of amides is 1. The smallest absolute Gasteiger partial charge is 0.221 e. The summed E-state index contributed by atoms with van der Waals surface area (Å²) in [5.74, 6) is 0.396. The monoisotopic (exact) mass is 271 g/mol. The molecule has 106 valence electrons. The second-order valence-corrected chi connectivity index (χ2v) is 5.09. The molecule has 1 aromatic carbocycles. The van der Waals surface area contributed by atoms with Crippen LogP contribution in [0.3, 0.4) is 0 Å². The third kappa shape index (κ3) is 4.23. The van der Waals surface area contributed by atoms with Gasteiger partial charge >= 0.3 is 0 Å². The van der Waals surface area contributed by atoms with Gasteiger partial charge in [0.2, 0.25) is 5.91 Å². The molecule has 1 N–H and O–H groups in total. The van der Waals surface area contributed by atoms with Gasteiger partial charge in [0.15, 0.2) is 0 Å². The van der Waals surface area contributed by atoms with Crippen molar-refractivity contribution in [2.75, 3.05) is 6.54 Å². The highest BCUT2D eigenvalue weighted by atomic mass is 16.1. The van der Waals surface area contributed by atoms with Gasteiger partial charge < -0.3 is 5.32 Å². The Hall–Kier alpha value is -2.10. The number of hydrogen-bond acceptors (Lipinski definition) is 2. The molecule has 0 aliphatic carbocycles. The molecule has 20 heavy (non-hydrogen) atoms. The fourth-order valence-corrected chi connectivity index (χ4v) is 2.06. The van der Waals surface area contributed by atoms with Crippen LogP contribution in [0.15, 0.2) is 42.6 Å². The summed E-state index contributed by atoms with van der Waals surface area (Å²) in [6.07, 6.45) is 2.36. The molecule has 4 nitrogen and oxygen atoms in total. The van der Waals surface area contributed by atoms with E-state index in [9.17, 15) is 4.79 Å². The second-order valence-electron chi connectivity index (χ2n) is 5.09. The Balaban J connectivity index is 1.72. The van der Waals surface area contributed by atoms with E-state index >= 15 is 0 Å². The average molecular weight is 271 g/mol. The number of carbonyl (C=O) groups excluding carboxylic acids is 1. The van der Waals surface area contributed by atoms with Gasteiger partial charge in [0.05, 0.1) is 5.69 Å². The Bertz CT molecular complexity index is 548. The number of hydrogen-bond donors (Lipinski definition) is 1. The fourth-order valence-electron chi connectivity index (χ4n) is 2.06. The molecule has 2 aromatic rings. The number of benzene rings is 1. The van der Waals surface area contributed by atoms with Gasteiger partial charge in [-0.25, -0.2) is 0 Å². The van der Waals surface area contributed by atoms with Gasteiger partial charge in [0, 0.05) is 25.7 Å². The zero-order valence-corrected chi connectivity index (χ0v) is 12.0. The van der Waals surface area contributed by atoms with Gasteiger partial charge in [-0.05, 0) is 24.5 Å². The fraction of sp³-hybridized carbons (Fsp3) is 0.375. The molecule has 0 saturated heterocycles. The van der Waals surface area contributed by atoms with Crippen molar-refractivity contribution in [1.29, 1.82) is 0 Å². The van der Waals surface area contributed by atoms with Crippen molar-refractivity contribution in [2.24, 2.45) is 0 Å². The molecule has 0 saturated carbocycles. The van der Waals surface area contributed by atoms with E-state index < -0.39 is 0 Å². The SMILES string of the molecule is Cc1ccn(CCC(=O)NCC(C)c2ccccc2)n1. The maximum atomic E-state index is 11.8. The van der Waals surface area contributed by atoms with Crippen molar-refractivity contribution in [3.05, 3.63) is 53.9 Å². The van der Waals surface area contributed by atoms with E-state index in [4.69, 9.17) is 0 Å². The normalized spacial score (nSPS) is 12.1. The molecular weight excluding hydrogens is 250 g/mol. The quantitative estimate of drug-likeness (QED) is 0.877. The highest BCUT2D eigenvalue weighted by molar-refractivity contribution is 5.75. The van der Waals surface area contributed by atoms with Crippen LogP contribution in [0.4, 0.5) is 0 Å². The third-order valence-electron chi connectivity index (χ3n) is 3.32. The third-order valence-corrected chi connectivity index (χ3v) is 3.32. The number of aryl methyl sites for hydroxylation is 2. The Morgan fingerprint density at radius 1 is 1.30 bits per heavy atom. The van der Waals surface area contributed by atoms with E-state index in [0.717, 1.165) is 5.69 Å². The van der Waals surface area contributed by atoms with Crippen molar-refractivity contribution in [2.45, 2.75) is 32.7 Å². The minimum Gasteiger partial charge on any atom is -0.355 e. The van der Waals surface area contributed by atoms with Crippen LogP contribution >= 0.6 is 0 Å². The summed E-state index contributed by atoms with van der Waals surface area (Å²) in [5, 5.41) is 7.24. The van der Waals surface area contributed by atoms with Crippen LogP contribution in [0.2, 0.25) is 0 Å². The maximum absolute atomic E-state index is 11.8. The largest absolute Gasteiger partial charge is 0.355 e. The Labute approximate surface area is 119 Å². The number of nitrogens with one attached hydrogen (secondary N) is 1. The molecule has 1 atom stereocenters. The summed E-state index contributed by atoms with van der Waals surface area (Å²) in [6, 6.07) is 12.2. The predicted molar refractivity (Wildman–Crippen MR) is 79.4 cm³/mol. The van der Waals surface area contributed by atoms with Crippen LogP contribution in [0, 0.1) is 6.92 Å². The van der Waals surface area contributed by atoms with Crippen LogP contribution in [0.25, 0.3) is 0 Å². The zero-order chi connectivity index (χ0) is 14.4. The lowest BCUT2D eigenvalue weighted by Crippen LogP contribution is -2.28. The molecule has 1 heterocycles. The highest BCUT2D eigenvalue weighted by Gasteiger charge is 2.07. The van der Waals surface area contributed by atoms with Crippen LogP contribution in [0.1, 0.15) is 30.5 Å². The first kappa shape index (κ1) is 14.3. The van der Waals surface area contributed by atoms with E-state index in [2.05, 4.69) is 29.5 Å². The molecule has 0 fully saturated rings. The lowest BCUT2D eigenvalue weighted by Gasteiger charge is -2.13. The van der Waals surface area contributed by atoms with Gasteiger partial charge in [-0.2, -0.15) is 5.10 Å². The minimum atomic E-state index is 0.0703. The Morgan fingerprint density at radius 2 is 2.05 bits per heavy atom. The van der Waals surface area contributed by atoms with Crippen molar-refractivity contribution in [1.82, 2.24) is 15.1 Å². The van der Waals surface area contributed by atoms with Crippen LogP contribution < -0.4 is 5.32 Å². The zero-order valence-electron chi connectivity index (χ0n) is 12.0. The second kappa shape index (κ2) is 6.89. The molecule has 0 radical (unpaired) electrons. The average Bonchev–Trinajstić information content (AvgIpc) is 2.89. The number of carbonyl (C=O) groups is 1. The van der Waals surface area contributed by atoms with E-state index in [0.29, 0.717) is 25.4 Å². The standard InChI is InChI=1S/C16H21N3O/c1-13(15-6-4-3-5-7-15)12-17-16(20)9-11-19-10-8-14(2)18-19/h3-8,10,13H,9,11-12H2,1-2H3,(H,17,20). The summed E-state index contributed by atoms with van der Waals surface area (Å²) in [4.78, 5) is 11.8. The van der Waals surface area contributed by atoms with Crippen LogP contribution in [-0.4, -0.2) is 22.2 Å². The molecule has 1 amide bonds. The van der Waals surface area contributed by atoms with Gasteiger partial charge in [-0.1, -0.05) is 37.3 Å². The molecule has 4 heteroatoms. The maximum Gasteiger partial charge on any atom is 0.221 e. The lowest BCUT2D eigenvalue weighted by molar-refractivity contribution is -0.121. The van der Waals surface area contributed by atoms with E-state index in [1.54, 1.807) is 4.68 Å². The highest BCUT2D eigenvalue weighted by Crippen LogP contribution is 2.12. The first-order chi connectivity index (χ1) is 9.65. The number of nitrogens with zero attached hydrogens (tertiary/aromatic N) is 2. The minimum absolute atomic E-state index is 0.0703. The Morgan fingerprint density at radius 3 is 2.70 bits per heavy atom. The topological polar surface area (TPSA) is 46.9 Å². The van der Waals surface area contributed by atoms with Gasteiger partial charge in [0.25, 0.3) is 0 Å². The van der Waals surface area contributed by atoms with Crippen molar-refractivity contribution in [3.63, 3.8) is 0 Å². The summed E-state index contributed by atoms with van der Waals surface area (Å²) in [6.45, 7) is 5.35. The van der Waals surface area contributed by atoms with E-state index in [1.807, 2.05) is 37.4 Å². The Kier molecular flexibility index (Phi) is 4.93. The predicted octanol–water partition coefficient (Wildman–Crippen LogP) is 2.50. The summed E-state index contributed by atoms with van der Waals surface area (Å²) >= 11 is 0. The summed E-state index contributed by atoms with van der Waals surface area (Å²) in [7, 11) is 0. The van der Waals surface area contributed by atoms with Gasteiger partial charge in [-0.15, -0.1) is 0 Å². The summed E-state index contributed by atoms with van der Waals surface area (Å²) < 4.78 is 1.80. The molecule has 0 aliphatic heterocycles. The number of rotatable bonds is 6. The van der Waals surface area contributed by atoms with E-state index in [-0.39, 0.29) is 5.91 Å². The van der Waals surface area contributed by atoms with Crippen molar-refractivity contribution in [3.8, 4) is 0 Å². The molecule has 0 bridgehead atoms. The molecule has 0 aliphatic rings. The van der Waals surface area contributed by atoms with Crippen LogP contribution in [0.5, 0.6) is 0 Å². The lowest BCUT2D eigenvalue weighted by atomic mass is 10.0. The molecule has 1 aromatic heterocycles. The summed E-state index contributed by atoms with van der Waals surface area (Å²) in [5.41, 5.74) is 2.22. The van der Waals surface area contributed by atoms with Gasteiger partial charge in [0.1, 0.15) is 0 Å². The van der Waals surface area contributed by atoms with Crippen LogP contribution in [-0.2, 0) is 11.3 Å².